The van der Waals surface area contributed by atoms with Crippen LogP contribution in [0.1, 0.15) is 24.8 Å². The molecule has 2 aromatic rings. The standard InChI is InChI=1S/C18H22N2O2.ClH/c1-22-17-10-9-13-6-2-3-7-14(13)15(17)12-20-18(21)16-8-4-5-11-19-16;/h2-3,6-7,9-10,16,19H,4-5,8,11-12H2,1H3,(H,20,21);1H. The zero-order chi connectivity index (χ0) is 15.4. The smallest absolute Gasteiger partial charge is 0.237 e. The molecule has 1 atom stereocenters. The summed E-state index contributed by atoms with van der Waals surface area (Å²) in [5, 5.41) is 8.61. The minimum Gasteiger partial charge on any atom is -0.496 e. The van der Waals surface area contributed by atoms with Crippen molar-refractivity contribution in [3.05, 3.63) is 42.0 Å². The maximum absolute atomic E-state index is 12.3. The Labute approximate surface area is 143 Å². The number of methoxy groups -OCH3 is 1. The number of ether oxygens (including phenoxy) is 1. The summed E-state index contributed by atoms with van der Waals surface area (Å²) in [4.78, 5) is 12.3. The average Bonchev–Trinajstić information content (AvgIpc) is 2.60. The maximum atomic E-state index is 12.3. The first kappa shape index (κ1) is 17.6. The van der Waals surface area contributed by atoms with Crippen LogP contribution in [0.5, 0.6) is 5.75 Å². The first-order valence-electron chi connectivity index (χ1n) is 7.85. The number of piperidine rings is 1. The van der Waals surface area contributed by atoms with E-state index in [1.165, 1.54) is 0 Å². The van der Waals surface area contributed by atoms with Crippen molar-refractivity contribution in [1.29, 1.82) is 0 Å². The van der Waals surface area contributed by atoms with Gasteiger partial charge >= 0.3 is 0 Å². The van der Waals surface area contributed by atoms with Gasteiger partial charge < -0.3 is 15.4 Å². The highest BCUT2D eigenvalue weighted by Crippen LogP contribution is 2.27. The zero-order valence-electron chi connectivity index (χ0n) is 13.3. The highest BCUT2D eigenvalue weighted by molar-refractivity contribution is 5.88. The van der Waals surface area contributed by atoms with Gasteiger partial charge in [-0.25, -0.2) is 0 Å². The van der Waals surface area contributed by atoms with Gasteiger partial charge in [0.15, 0.2) is 0 Å². The molecule has 1 saturated heterocycles. The molecule has 3 rings (SSSR count). The number of benzene rings is 2. The molecule has 0 radical (unpaired) electrons. The molecule has 1 fully saturated rings. The van der Waals surface area contributed by atoms with Gasteiger partial charge in [-0.05, 0) is 36.2 Å². The number of hydrogen-bond donors (Lipinski definition) is 2. The molecule has 1 aliphatic heterocycles. The van der Waals surface area contributed by atoms with Gasteiger partial charge in [-0.1, -0.05) is 36.8 Å². The average molecular weight is 335 g/mol. The third-order valence-corrected chi connectivity index (χ3v) is 4.28. The van der Waals surface area contributed by atoms with Gasteiger partial charge in [0.2, 0.25) is 5.91 Å². The predicted octanol–water partition coefficient (Wildman–Crippen LogP) is 3.03. The molecular weight excluding hydrogens is 312 g/mol. The lowest BCUT2D eigenvalue weighted by Crippen LogP contribution is -2.46. The maximum Gasteiger partial charge on any atom is 0.237 e. The molecular formula is C18H23ClN2O2. The summed E-state index contributed by atoms with van der Waals surface area (Å²) in [6, 6.07) is 12.1. The van der Waals surface area contributed by atoms with E-state index >= 15 is 0 Å². The SMILES string of the molecule is COc1ccc2ccccc2c1CNC(=O)C1CCCCN1.Cl. The Kier molecular flexibility index (Phi) is 6.25. The molecule has 0 bridgehead atoms. The molecule has 1 aliphatic rings. The molecule has 0 aromatic heterocycles. The quantitative estimate of drug-likeness (QED) is 0.903. The molecule has 1 amide bonds. The Balaban J connectivity index is 0.00000192. The number of amides is 1. The Morgan fingerprint density at radius 1 is 1.26 bits per heavy atom. The van der Waals surface area contributed by atoms with Crippen LogP contribution in [0.25, 0.3) is 10.8 Å². The summed E-state index contributed by atoms with van der Waals surface area (Å²) in [7, 11) is 1.66. The lowest BCUT2D eigenvalue weighted by Gasteiger charge is -2.23. The Bertz CT molecular complexity index is 669. The topological polar surface area (TPSA) is 50.4 Å². The highest BCUT2D eigenvalue weighted by atomic mass is 35.5. The van der Waals surface area contributed by atoms with Crippen LogP contribution in [0.2, 0.25) is 0 Å². The second-order valence-electron chi connectivity index (χ2n) is 5.69. The van der Waals surface area contributed by atoms with Crippen molar-refractivity contribution in [2.45, 2.75) is 31.8 Å². The number of fused-ring (bicyclic) bond motifs is 1. The third kappa shape index (κ3) is 3.95. The molecule has 124 valence electrons. The van der Waals surface area contributed by atoms with E-state index in [1.54, 1.807) is 7.11 Å². The van der Waals surface area contributed by atoms with Gasteiger partial charge in [0.25, 0.3) is 0 Å². The second kappa shape index (κ2) is 8.18. The highest BCUT2D eigenvalue weighted by Gasteiger charge is 2.20. The van der Waals surface area contributed by atoms with E-state index in [-0.39, 0.29) is 24.4 Å². The number of rotatable bonds is 4. The number of carbonyl (C=O) groups excluding carboxylic acids is 1. The van der Waals surface area contributed by atoms with E-state index in [2.05, 4.69) is 22.8 Å². The minimum absolute atomic E-state index is 0. The summed E-state index contributed by atoms with van der Waals surface area (Å²) in [5.74, 6) is 0.894. The number of nitrogens with one attached hydrogen (secondary N) is 2. The van der Waals surface area contributed by atoms with E-state index in [1.807, 2.05) is 24.3 Å². The molecule has 0 aliphatic carbocycles. The van der Waals surface area contributed by atoms with E-state index in [4.69, 9.17) is 4.74 Å². The van der Waals surface area contributed by atoms with Gasteiger partial charge in [0.1, 0.15) is 5.75 Å². The fourth-order valence-corrected chi connectivity index (χ4v) is 3.06. The van der Waals surface area contributed by atoms with Crippen molar-refractivity contribution in [2.24, 2.45) is 0 Å². The first-order valence-corrected chi connectivity index (χ1v) is 7.85. The van der Waals surface area contributed by atoms with Gasteiger partial charge in [0.05, 0.1) is 13.2 Å². The van der Waals surface area contributed by atoms with Crippen LogP contribution in [0.15, 0.2) is 36.4 Å². The van der Waals surface area contributed by atoms with Crippen LogP contribution >= 0.6 is 12.4 Å². The molecule has 0 spiro atoms. The lowest BCUT2D eigenvalue weighted by atomic mass is 10.0. The molecule has 1 heterocycles. The van der Waals surface area contributed by atoms with Crippen LogP contribution in [0.3, 0.4) is 0 Å². The normalized spacial score (nSPS) is 17.3. The van der Waals surface area contributed by atoms with E-state index in [0.717, 1.165) is 47.9 Å². The Morgan fingerprint density at radius 2 is 2.09 bits per heavy atom. The minimum atomic E-state index is -0.0604. The second-order valence-corrected chi connectivity index (χ2v) is 5.69. The molecule has 2 N–H and O–H groups in total. The van der Waals surface area contributed by atoms with Crippen molar-refractivity contribution in [2.75, 3.05) is 13.7 Å². The van der Waals surface area contributed by atoms with E-state index in [9.17, 15) is 4.79 Å². The monoisotopic (exact) mass is 334 g/mol. The fourth-order valence-electron chi connectivity index (χ4n) is 3.06. The van der Waals surface area contributed by atoms with Gasteiger partial charge in [-0.15, -0.1) is 12.4 Å². The Morgan fingerprint density at radius 3 is 2.83 bits per heavy atom. The molecule has 0 saturated carbocycles. The van der Waals surface area contributed by atoms with Crippen molar-refractivity contribution >= 4 is 29.1 Å². The summed E-state index contributed by atoms with van der Waals surface area (Å²) in [6.45, 7) is 1.41. The van der Waals surface area contributed by atoms with Gasteiger partial charge in [0, 0.05) is 12.1 Å². The van der Waals surface area contributed by atoms with Crippen molar-refractivity contribution in [3.63, 3.8) is 0 Å². The van der Waals surface area contributed by atoms with Crippen LogP contribution in [-0.2, 0) is 11.3 Å². The molecule has 2 aromatic carbocycles. The molecule has 4 nitrogen and oxygen atoms in total. The number of hydrogen-bond acceptors (Lipinski definition) is 3. The van der Waals surface area contributed by atoms with Crippen LogP contribution in [0, 0.1) is 0 Å². The van der Waals surface area contributed by atoms with Crippen LogP contribution in [-0.4, -0.2) is 25.6 Å². The summed E-state index contributed by atoms with van der Waals surface area (Å²) < 4.78 is 5.46. The largest absolute Gasteiger partial charge is 0.496 e. The fraction of sp³-hybridized carbons (Fsp3) is 0.389. The van der Waals surface area contributed by atoms with Crippen molar-refractivity contribution in [3.8, 4) is 5.75 Å². The zero-order valence-corrected chi connectivity index (χ0v) is 14.1. The van der Waals surface area contributed by atoms with Crippen molar-refractivity contribution in [1.82, 2.24) is 10.6 Å². The predicted molar refractivity (Wildman–Crippen MR) is 95.2 cm³/mol. The van der Waals surface area contributed by atoms with Crippen LogP contribution in [0.4, 0.5) is 0 Å². The van der Waals surface area contributed by atoms with E-state index in [0.29, 0.717) is 6.54 Å². The first-order chi connectivity index (χ1) is 10.8. The van der Waals surface area contributed by atoms with E-state index < -0.39 is 0 Å². The molecule has 1 unspecified atom stereocenters. The Hall–Kier alpha value is -1.78. The molecule has 5 heteroatoms. The molecule has 23 heavy (non-hydrogen) atoms. The number of carbonyl (C=O) groups is 1. The van der Waals surface area contributed by atoms with Gasteiger partial charge in [-0.2, -0.15) is 0 Å². The van der Waals surface area contributed by atoms with Gasteiger partial charge in [-0.3, -0.25) is 4.79 Å². The summed E-state index contributed by atoms with van der Waals surface area (Å²) >= 11 is 0. The third-order valence-electron chi connectivity index (χ3n) is 4.28. The van der Waals surface area contributed by atoms with Crippen molar-refractivity contribution < 1.29 is 9.53 Å². The lowest BCUT2D eigenvalue weighted by molar-refractivity contribution is -0.123. The number of halogens is 1. The summed E-state index contributed by atoms with van der Waals surface area (Å²) in [6.07, 6.45) is 3.18. The van der Waals surface area contributed by atoms with Crippen LogP contribution < -0.4 is 15.4 Å². The summed E-state index contributed by atoms with van der Waals surface area (Å²) in [5.41, 5.74) is 1.03.